The van der Waals surface area contributed by atoms with E-state index < -0.39 is 0 Å². The fourth-order valence-electron chi connectivity index (χ4n) is 5.80. The first-order valence-corrected chi connectivity index (χ1v) is 8.06. The molecule has 4 aliphatic carbocycles. The number of rotatable bonds is 0. The van der Waals surface area contributed by atoms with E-state index in [1.807, 2.05) is 6.08 Å². The van der Waals surface area contributed by atoms with Gasteiger partial charge in [-0.2, -0.15) is 0 Å². The summed E-state index contributed by atoms with van der Waals surface area (Å²) in [6.07, 6.45) is 14.1. The van der Waals surface area contributed by atoms with Gasteiger partial charge in [-0.1, -0.05) is 18.4 Å². The third-order valence-corrected chi connectivity index (χ3v) is 6.50. The highest BCUT2D eigenvalue weighted by Gasteiger charge is 2.47. The lowest BCUT2D eigenvalue weighted by Gasteiger charge is -2.49. The number of hydrogen-bond acceptors (Lipinski definition) is 1. The van der Waals surface area contributed by atoms with Gasteiger partial charge in [-0.3, -0.25) is 4.79 Å². The molecule has 0 radical (unpaired) electrons. The Morgan fingerprint density at radius 2 is 1.78 bits per heavy atom. The third kappa shape index (κ3) is 1.62. The lowest BCUT2D eigenvalue weighted by atomic mass is 9.56. The topological polar surface area (TPSA) is 17.1 Å². The molecule has 0 aromatic heterocycles. The van der Waals surface area contributed by atoms with Crippen LogP contribution in [0.2, 0.25) is 0 Å². The average Bonchev–Trinajstić information content (AvgIpc) is 2.86. The standard InChI is InChI=1S/C17H24O/c18-13-6-9-15-12(10-13)5-8-16-14-3-1-2-11(14)4-7-17(15)16/h10-11,14-17H,1-9H2. The van der Waals surface area contributed by atoms with Gasteiger partial charge in [-0.25, -0.2) is 0 Å². The van der Waals surface area contributed by atoms with Gasteiger partial charge in [0.05, 0.1) is 0 Å². The summed E-state index contributed by atoms with van der Waals surface area (Å²) in [5.74, 6) is 5.28. The van der Waals surface area contributed by atoms with Gasteiger partial charge in [0.1, 0.15) is 0 Å². The molecule has 3 saturated carbocycles. The van der Waals surface area contributed by atoms with E-state index >= 15 is 0 Å². The van der Waals surface area contributed by atoms with Crippen LogP contribution in [0.15, 0.2) is 11.6 Å². The quantitative estimate of drug-likeness (QED) is 0.626. The van der Waals surface area contributed by atoms with E-state index in [-0.39, 0.29) is 0 Å². The zero-order valence-corrected chi connectivity index (χ0v) is 11.2. The molecule has 5 unspecified atom stereocenters. The molecular formula is C17H24O. The normalized spacial score (nSPS) is 47.0. The highest BCUT2D eigenvalue weighted by Crippen LogP contribution is 2.56. The number of ketones is 1. The van der Waals surface area contributed by atoms with Crippen LogP contribution in [0, 0.1) is 29.6 Å². The highest BCUT2D eigenvalue weighted by molar-refractivity contribution is 5.91. The second kappa shape index (κ2) is 4.21. The lowest BCUT2D eigenvalue weighted by molar-refractivity contribution is -0.115. The summed E-state index contributed by atoms with van der Waals surface area (Å²) < 4.78 is 0. The molecule has 1 nitrogen and oxygen atoms in total. The Morgan fingerprint density at radius 3 is 2.72 bits per heavy atom. The smallest absolute Gasteiger partial charge is 0.155 e. The molecule has 0 N–H and O–H groups in total. The number of carbonyl (C=O) groups excluding carboxylic acids is 1. The fraction of sp³-hybridized carbons (Fsp3) is 0.824. The maximum Gasteiger partial charge on any atom is 0.155 e. The van der Waals surface area contributed by atoms with E-state index in [1.165, 1.54) is 56.9 Å². The predicted octanol–water partition coefficient (Wildman–Crippen LogP) is 4.13. The summed E-state index contributed by atoms with van der Waals surface area (Å²) in [7, 11) is 0. The Bertz CT molecular complexity index is 394. The van der Waals surface area contributed by atoms with Gasteiger partial charge < -0.3 is 0 Å². The van der Waals surface area contributed by atoms with Crippen LogP contribution in [0.3, 0.4) is 0 Å². The van der Waals surface area contributed by atoms with Crippen LogP contribution < -0.4 is 0 Å². The second-order valence-corrected chi connectivity index (χ2v) is 7.13. The van der Waals surface area contributed by atoms with E-state index in [1.54, 1.807) is 0 Å². The van der Waals surface area contributed by atoms with Crippen LogP contribution >= 0.6 is 0 Å². The molecule has 0 saturated heterocycles. The van der Waals surface area contributed by atoms with E-state index in [9.17, 15) is 4.79 Å². The number of carbonyl (C=O) groups is 1. The monoisotopic (exact) mass is 244 g/mol. The lowest BCUT2D eigenvalue weighted by Crippen LogP contribution is -2.40. The van der Waals surface area contributed by atoms with Crippen LogP contribution in [-0.4, -0.2) is 5.78 Å². The molecule has 18 heavy (non-hydrogen) atoms. The zero-order valence-electron chi connectivity index (χ0n) is 11.2. The summed E-state index contributed by atoms with van der Waals surface area (Å²) in [6.45, 7) is 0. The zero-order chi connectivity index (χ0) is 12.1. The summed E-state index contributed by atoms with van der Waals surface area (Å²) in [4.78, 5) is 11.6. The minimum atomic E-state index is 0.397. The van der Waals surface area contributed by atoms with E-state index in [0.717, 1.165) is 36.0 Å². The van der Waals surface area contributed by atoms with Gasteiger partial charge in [0, 0.05) is 6.42 Å². The number of allylic oxidation sites excluding steroid dienone is 1. The van der Waals surface area contributed by atoms with Crippen LogP contribution in [0.1, 0.15) is 57.8 Å². The first-order valence-electron chi connectivity index (χ1n) is 8.06. The molecule has 1 heteroatoms. The Balaban J connectivity index is 1.61. The van der Waals surface area contributed by atoms with Crippen molar-refractivity contribution in [2.45, 2.75) is 57.8 Å². The first kappa shape index (κ1) is 11.3. The minimum Gasteiger partial charge on any atom is -0.295 e. The molecule has 4 aliphatic rings. The molecule has 3 fully saturated rings. The van der Waals surface area contributed by atoms with Crippen LogP contribution in [-0.2, 0) is 4.79 Å². The number of fused-ring (bicyclic) bond motifs is 5. The maximum atomic E-state index is 11.6. The minimum absolute atomic E-state index is 0.397. The van der Waals surface area contributed by atoms with Crippen molar-refractivity contribution in [2.75, 3.05) is 0 Å². The SMILES string of the molecule is O=C1C=C2CCC3C4CCCC4CCC3C2CC1. The summed E-state index contributed by atoms with van der Waals surface area (Å²) >= 11 is 0. The Hall–Kier alpha value is -0.590. The van der Waals surface area contributed by atoms with Gasteiger partial charge in [0.25, 0.3) is 0 Å². The average molecular weight is 244 g/mol. The molecule has 0 aliphatic heterocycles. The Labute approximate surface area is 110 Å². The Kier molecular flexibility index (Phi) is 2.63. The van der Waals surface area contributed by atoms with Gasteiger partial charge >= 0.3 is 0 Å². The summed E-state index contributed by atoms with van der Waals surface area (Å²) in [5.41, 5.74) is 1.53. The predicted molar refractivity (Wildman–Crippen MR) is 72.1 cm³/mol. The van der Waals surface area contributed by atoms with Crippen molar-refractivity contribution in [3.63, 3.8) is 0 Å². The first-order chi connectivity index (χ1) is 8.83. The highest BCUT2D eigenvalue weighted by atomic mass is 16.1. The fourth-order valence-corrected chi connectivity index (χ4v) is 5.80. The van der Waals surface area contributed by atoms with Crippen molar-refractivity contribution in [3.8, 4) is 0 Å². The van der Waals surface area contributed by atoms with Crippen molar-refractivity contribution in [2.24, 2.45) is 29.6 Å². The summed E-state index contributed by atoms with van der Waals surface area (Å²) in [6, 6.07) is 0. The molecule has 0 amide bonds. The molecule has 98 valence electrons. The second-order valence-electron chi connectivity index (χ2n) is 7.13. The largest absolute Gasteiger partial charge is 0.295 e. The summed E-state index contributed by atoms with van der Waals surface area (Å²) in [5, 5.41) is 0. The van der Waals surface area contributed by atoms with Crippen molar-refractivity contribution in [3.05, 3.63) is 11.6 Å². The maximum absolute atomic E-state index is 11.6. The van der Waals surface area contributed by atoms with Crippen molar-refractivity contribution in [1.82, 2.24) is 0 Å². The van der Waals surface area contributed by atoms with Crippen molar-refractivity contribution >= 4 is 5.78 Å². The molecule has 5 atom stereocenters. The molecule has 4 rings (SSSR count). The molecule has 0 spiro atoms. The molecule has 0 aromatic carbocycles. The van der Waals surface area contributed by atoms with E-state index in [0.29, 0.717) is 5.78 Å². The van der Waals surface area contributed by atoms with Gasteiger partial charge in [-0.05, 0) is 74.2 Å². The van der Waals surface area contributed by atoms with Crippen molar-refractivity contribution in [1.29, 1.82) is 0 Å². The molecular weight excluding hydrogens is 220 g/mol. The van der Waals surface area contributed by atoms with Gasteiger partial charge in [0.2, 0.25) is 0 Å². The van der Waals surface area contributed by atoms with Crippen LogP contribution in [0.5, 0.6) is 0 Å². The van der Waals surface area contributed by atoms with Crippen LogP contribution in [0.25, 0.3) is 0 Å². The van der Waals surface area contributed by atoms with Gasteiger partial charge in [0.15, 0.2) is 5.78 Å². The molecule has 0 heterocycles. The van der Waals surface area contributed by atoms with E-state index in [4.69, 9.17) is 0 Å². The van der Waals surface area contributed by atoms with E-state index in [2.05, 4.69) is 0 Å². The molecule has 0 bridgehead atoms. The molecule has 0 aromatic rings. The van der Waals surface area contributed by atoms with Gasteiger partial charge in [-0.15, -0.1) is 0 Å². The number of hydrogen-bond donors (Lipinski definition) is 0. The van der Waals surface area contributed by atoms with Crippen LogP contribution in [0.4, 0.5) is 0 Å². The Morgan fingerprint density at radius 1 is 0.833 bits per heavy atom. The van der Waals surface area contributed by atoms with Crippen molar-refractivity contribution < 1.29 is 4.79 Å². The third-order valence-electron chi connectivity index (χ3n) is 6.50.